The summed E-state index contributed by atoms with van der Waals surface area (Å²) in [4.78, 5) is 0. The van der Waals surface area contributed by atoms with Crippen LogP contribution in [0.1, 0.15) is 37.5 Å². The van der Waals surface area contributed by atoms with Crippen LogP contribution in [0, 0.1) is 18.6 Å². The maximum atomic E-state index is 14.4. The molecular weight excluding hydrogens is 401 g/mol. The smallest absolute Gasteiger partial charge is 0.419 e. The van der Waals surface area contributed by atoms with Crippen LogP contribution < -0.4 is 0 Å². The van der Waals surface area contributed by atoms with E-state index in [4.69, 9.17) is 0 Å². The van der Waals surface area contributed by atoms with Crippen LogP contribution in [0.15, 0.2) is 28.7 Å². The number of halogens is 5. The fourth-order valence-corrected chi connectivity index (χ4v) is 2.98. The molecule has 0 aliphatic rings. The van der Waals surface area contributed by atoms with Crippen LogP contribution in [-0.2, 0) is 17.5 Å². The Morgan fingerprint density at radius 2 is 1.68 bits per heavy atom. The number of aromatic hydroxyl groups is 1. The van der Waals surface area contributed by atoms with E-state index in [0.29, 0.717) is 6.07 Å². The van der Waals surface area contributed by atoms with Gasteiger partial charge in [-0.2, -0.15) is 13.2 Å². The minimum absolute atomic E-state index is 0.0708. The molecule has 152 valence electrons. The first-order valence-electron chi connectivity index (χ1n) is 8.08. The summed E-state index contributed by atoms with van der Waals surface area (Å²) in [6, 6.07) is 3.36. The fraction of sp³-hybridized carbons (Fsp3) is 0.316. The zero-order chi connectivity index (χ0) is 21.4. The molecule has 3 nitrogen and oxygen atoms in total. The van der Waals surface area contributed by atoms with Crippen molar-refractivity contribution < 1.29 is 31.6 Å². The van der Waals surface area contributed by atoms with E-state index in [-0.39, 0.29) is 16.7 Å². The Bertz CT molecular complexity index is 897. The predicted octanol–water partition coefficient (Wildman–Crippen LogP) is 5.55. The Kier molecular flexibility index (Phi) is 6.10. The van der Waals surface area contributed by atoms with Crippen molar-refractivity contribution in [1.29, 1.82) is 0 Å². The van der Waals surface area contributed by atoms with Crippen LogP contribution >= 0.6 is 0 Å². The first-order valence-corrected chi connectivity index (χ1v) is 9.18. The number of benzene rings is 2. The van der Waals surface area contributed by atoms with Crippen LogP contribution in [0.25, 0.3) is 11.1 Å². The van der Waals surface area contributed by atoms with E-state index in [1.165, 1.54) is 6.92 Å². The molecule has 0 heterocycles. The summed E-state index contributed by atoms with van der Waals surface area (Å²) < 4.78 is 82.7. The molecule has 0 radical (unpaired) electrons. The van der Waals surface area contributed by atoms with Gasteiger partial charge in [-0.05, 0) is 57.0 Å². The van der Waals surface area contributed by atoms with Gasteiger partial charge in [-0.25, -0.2) is 8.78 Å². The highest BCUT2D eigenvalue weighted by atomic mass is 32.2. The number of phenols is 1. The topological polar surface area (TPSA) is 55.7 Å². The maximum absolute atomic E-state index is 14.4. The largest absolute Gasteiger partial charge is 0.591 e. The van der Waals surface area contributed by atoms with Crippen LogP contribution in [0.4, 0.5) is 22.0 Å². The molecule has 1 N–H and O–H groups in total. The fourth-order valence-electron chi connectivity index (χ4n) is 2.46. The van der Waals surface area contributed by atoms with Crippen molar-refractivity contribution in [1.82, 2.24) is 0 Å². The summed E-state index contributed by atoms with van der Waals surface area (Å²) in [7, 11) is 0. The number of alkyl halides is 3. The second-order valence-corrected chi connectivity index (χ2v) is 9.07. The molecule has 2 rings (SSSR count). The van der Waals surface area contributed by atoms with Gasteiger partial charge in [-0.15, -0.1) is 0 Å². The molecule has 1 unspecified atom stereocenters. The van der Waals surface area contributed by atoms with Crippen molar-refractivity contribution in [2.45, 2.75) is 38.6 Å². The third-order valence-electron chi connectivity index (χ3n) is 3.79. The average molecular weight is 419 g/mol. The lowest BCUT2D eigenvalue weighted by molar-refractivity contribution is -0.139. The number of nitrogens with zero attached hydrogens (tertiary/aromatic N) is 1. The summed E-state index contributed by atoms with van der Waals surface area (Å²) >= 11 is -1.81. The minimum Gasteiger partial charge on any atom is -0.591 e. The van der Waals surface area contributed by atoms with Gasteiger partial charge in [0.15, 0.2) is 0 Å². The van der Waals surface area contributed by atoms with Crippen LogP contribution in [0.2, 0.25) is 0 Å². The second-order valence-electron chi connectivity index (χ2n) is 7.14. The van der Waals surface area contributed by atoms with Crippen LogP contribution in [0.3, 0.4) is 0 Å². The van der Waals surface area contributed by atoms with Crippen molar-refractivity contribution in [3.05, 3.63) is 52.6 Å². The lowest BCUT2D eigenvalue weighted by atomic mass is 9.95. The highest BCUT2D eigenvalue weighted by Crippen LogP contribution is 2.39. The normalized spacial score (nSPS) is 13.9. The molecule has 0 amide bonds. The van der Waals surface area contributed by atoms with E-state index in [0.717, 1.165) is 24.4 Å². The number of hydrogen-bond donors (Lipinski definition) is 1. The van der Waals surface area contributed by atoms with Gasteiger partial charge in [0.25, 0.3) is 0 Å². The van der Waals surface area contributed by atoms with Gasteiger partial charge in [0.1, 0.15) is 33.5 Å². The molecule has 9 heteroatoms. The molecule has 28 heavy (non-hydrogen) atoms. The molecule has 0 aliphatic heterocycles. The van der Waals surface area contributed by atoms with Crippen molar-refractivity contribution in [2.75, 3.05) is 0 Å². The van der Waals surface area contributed by atoms with E-state index in [1.54, 1.807) is 20.8 Å². The van der Waals surface area contributed by atoms with Crippen LogP contribution in [0.5, 0.6) is 5.75 Å². The standard InChI is InChI=1S/C19H18F5NO2S/c1-10-5-13(20)8-15(26)16(10)11-6-12(9-25-28(27)18(2,3)4)17(21)14(7-11)19(22,23)24/h5-9,26H,1-4H3. The number of rotatable bonds is 3. The highest BCUT2D eigenvalue weighted by Gasteiger charge is 2.36. The highest BCUT2D eigenvalue weighted by molar-refractivity contribution is 7.91. The second kappa shape index (κ2) is 7.71. The van der Waals surface area contributed by atoms with E-state index < -0.39 is 50.8 Å². The zero-order valence-electron chi connectivity index (χ0n) is 15.5. The Morgan fingerprint density at radius 3 is 2.18 bits per heavy atom. The summed E-state index contributed by atoms with van der Waals surface area (Å²) in [5, 5.41) is 10.0. The van der Waals surface area contributed by atoms with Gasteiger partial charge in [0.05, 0.1) is 11.8 Å². The van der Waals surface area contributed by atoms with Crippen molar-refractivity contribution >= 4 is 17.6 Å². The van der Waals surface area contributed by atoms with Gasteiger partial charge in [-0.1, -0.05) is 4.40 Å². The number of phenolic OH excluding ortho intramolecular Hbond substituents is 1. The van der Waals surface area contributed by atoms with Gasteiger partial charge in [0, 0.05) is 17.2 Å². The first-order chi connectivity index (χ1) is 12.7. The van der Waals surface area contributed by atoms with Crippen molar-refractivity contribution in [3.8, 4) is 16.9 Å². The molecule has 2 aromatic rings. The quantitative estimate of drug-likeness (QED) is 0.403. The SMILES string of the molecule is Cc1cc(F)cc(O)c1-c1cc(C=N[S+]([O-])C(C)(C)C)c(F)c(C(F)(F)F)c1. The zero-order valence-corrected chi connectivity index (χ0v) is 16.3. The molecule has 0 fully saturated rings. The molecule has 0 saturated carbocycles. The van der Waals surface area contributed by atoms with Crippen LogP contribution in [-0.4, -0.2) is 20.6 Å². The van der Waals surface area contributed by atoms with Gasteiger partial charge in [0.2, 0.25) is 0 Å². The summed E-state index contributed by atoms with van der Waals surface area (Å²) in [5.41, 5.74) is -2.20. The lowest BCUT2D eigenvalue weighted by Crippen LogP contribution is -2.26. The number of hydrogen-bond acceptors (Lipinski definition) is 3. The first kappa shape index (κ1) is 22.2. The Balaban J connectivity index is 2.71. The third-order valence-corrected chi connectivity index (χ3v) is 5.13. The Labute approximate surface area is 162 Å². The minimum atomic E-state index is -5.02. The molecule has 0 spiro atoms. The average Bonchev–Trinajstić information content (AvgIpc) is 2.51. The number of aryl methyl sites for hydroxylation is 1. The summed E-state index contributed by atoms with van der Waals surface area (Å²) in [6.45, 7) is 6.22. The lowest BCUT2D eigenvalue weighted by Gasteiger charge is -2.18. The van der Waals surface area contributed by atoms with Gasteiger partial charge < -0.3 is 9.66 Å². The van der Waals surface area contributed by atoms with E-state index >= 15 is 0 Å². The third kappa shape index (κ3) is 4.82. The van der Waals surface area contributed by atoms with Gasteiger partial charge in [-0.3, -0.25) is 0 Å². The Hall–Kier alpha value is -2.13. The van der Waals surface area contributed by atoms with Crippen molar-refractivity contribution in [3.63, 3.8) is 0 Å². The monoisotopic (exact) mass is 419 g/mol. The van der Waals surface area contributed by atoms with Gasteiger partial charge >= 0.3 is 6.18 Å². The summed E-state index contributed by atoms with van der Waals surface area (Å²) in [6.07, 6.45) is -4.25. The van der Waals surface area contributed by atoms with E-state index in [2.05, 4.69) is 4.40 Å². The summed E-state index contributed by atoms with van der Waals surface area (Å²) in [5.74, 6) is -2.93. The Morgan fingerprint density at radius 1 is 1.07 bits per heavy atom. The molecule has 0 bridgehead atoms. The molecule has 1 atom stereocenters. The predicted molar refractivity (Wildman–Crippen MR) is 98.7 cm³/mol. The van der Waals surface area contributed by atoms with E-state index in [9.17, 15) is 31.6 Å². The van der Waals surface area contributed by atoms with E-state index in [1.807, 2.05) is 0 Å². The molecule has 0 aliphatic carbocycles. The van der Waals surface area contributed by atoms with Crippen molar-refractivity contribution in [2.24, 2.45) is 4.40 Å². The molecule has 0 aromatic heterocycles. The molecule has 0 saturated heterocycles. The molecular formula is C19H18F5NO2S. The molecule has 2 aromatic carbocycles. The maximum Gasteiger partial charge on any atom is 0.419 e.